The standard InChI is InChI=1S/C13H14BrFN4OS/c1-6(2)17-13-19-11(16)10(21-13)12(20)18-9-5-7(15)3-4-8(9)14/h3-6H,16H2,1-2H3,(H,17,19)(H,18,20). The Labute approximate surface area is 133 Å². The molecule has 1 aromatic carbocycles. The van der Waals surface area contributed by atoms with Crippen molar-refractivity contribution in [3.8, 4) is 0 Å². The van der Waals surface area contributed by atoms with Gasteiger partial charge in [0, 0.05) is 10.5 Å². The number of carbonyl (C=O) groups excluding carboxylic acids is 1. The van der Waals surface area contributed by atoms with Gasteiger partial charge in [-0.1, -0.05) is 11.3 Å². The first-order valence-corrected chi connectivity index (χ1v) is 7.77. The number of hydrogen-bond acceptors (Lipinski definition) is 5. The highest BCUT2D eigenvalue weighted by atomic mass is 79.9. The Morgan fingerprint density at radius 2 is 2.19 bits per heavy atom. The highest BCUT2D eigenvalue weighted by molar-refractivity contribution is 9.10. The van der Waals surface area contributed by atoms with Crippen LogP contribution in [0, 0.1) is 5.82 Å². The lowest BCUT2D eigenvalue weighted by Gasteiger charge is -2.06. The summed E-state index contributed by atoms with van der Waals surface area (Å²) in [6, 6.07) is 4.23. The number of thiazole rings is 1. The summed E-state index contributed by atoms with van der Waals surface area (Å²) in [6.07, 6.45) is 0. The van der Waals surface area contributed by atoms with Gasteiger partial charge < -0.3 is 16.4 Å². The van der Waals surface area contributed by atoms with E-state index < -0.39 is 11.7 Å². The zero-order valence-electron chi connectivity index (χ0n) is 11.4. The molecule has 0 unspecified atom stereocenters. The minimum atomic E-state index is -0.437. The molecular weight excluding hydrogens is 359 g/mol. The molecule has 21 heavy (non-hydrogen) atoms. The van der Waals surface area contributed by atoms with Crippen LogP contribution in [0.1, 0.15) is 23.5 Å². The average molecular weight is 373 g/mol. The number of carbonyl (C=O) groups is 1. The van der Waals surface area contributed by atoms with Crippen molar-refractivity contribution in [3.63, 3.8) is 0 Å². The molecule has 5 nitrogen and oxygen atoms in total. The smallest absolute Gasteiger partial charge is 0.269 e. The minimum Gasteiger partial charge on any atom is -0.382 e. The van der Waals surface area contributed by atoms with Gasteiger partial charge in [-0.25, -0.2) is 9.37 Å². The highest BCUT2D eigenvalue weighted by Gasteiger charge is 2.17. The molecule has 0 atom stereocenters. The van der Waals surface area contributed by atoms with Gasteiger partial charge in [0.25, 0.3) is 5.91 Å². The van der Waals surface area contributed by atoms with Gasteiger partial charge in [-0.2, -0.15) is 0 Å². The van der Waals surface area contributed by atoms with Crippen molar-refractivity contribution in [3.05, 3.63) is 33.4 Å². The molecular formula is C13H14BrFN4OS. The Hall–Kier alpha value is -1.67. The van der Waals surface area contributed by atoms with E-state index in [9.17, 15) is 9.18 Å². The molecule has 0 fully saturated rings. The van der Waals surface area contributed by atoms with Crippen LogP contribution in [0.5, 0.6) is 0 Å². The number of hydrogen-bond donors (Lipinski definition) is 3. The predicted octanol–water partition coefficient (Wildman–Crippen LogP) is 3.70. The van der Waals surface area contributed by atoms with Crippen molar-refractivity contribution < 1.29 is 9.18 Å². The lowest BCUT2D eigenvalue weighted by atomic mass is 10.3. The van der Waals surface area contributed by atoms with Gasteiger partial charge in [0.1, 0.15) is 16.5 Å². The molecule has 0 aliphatic carbocycles. The van der Waals surface area contributed by atoms with Gasteiger partial charge in [0.15, 0.2) is 5.13 Å². The van der Waals surface area contributed by atoms with Crippen molar-refractivity contribution in [1.29, 1.82) is 0 Å². The molecule has 1 amide bonds. The molecule has 0 spiro atoms. The van der Waals surface area contributed by atoms with E-state index in [0.29, 0.717) is 15.3 Å². The maximum absolute atomic E-state index is 13.2. The average Bonchev–Trinajstić information content (AvgIpc) is 2.74. The van der Waals surface area contributed by atoms with Crippen LogP contribution in [0.3, 0.4) is 0 Å². The zero-order chi connectivity index (χ0) is 15.6. The third-order valence-electron chi connectivity index (χ3n) is 2.45. The number of benzene rings is 1. The Bertz CT molecular complexity index is 674. The molecule has 8 heteroatoms. The first-order valence-electron chi connectivity index (χ1n) is 6.16. The Kier molecular flexibility index (Phi) is 4.79. The molecule has 0 aliphatic heterocycles. The number of aromatic nitrogens is 1. The number of rotatable bonds is 4. The molecule has 0 radical (unpaired) electrons. The summed E-state index contributed by atoms with van der Waals surface area (Å²) < 4.78 is 13.8. The number of nitrogens with zero attached hydrogens (tertiary/aromatic N) is 1. The number of nitrogens with one attached hydrogen (secondary N) is 2. The first kappa shape index (κ1) is 15.7. The van der Waals surface area contributed by atoms with Gasteiger partial charge in [-0.05, 0) is 48.0 Å². The van der Waals surface area contributed by atoms with E-state index in [1.54, 1.807) is 0 Å². The van der Waals surface area contributed by atoms with Crippen molar-refractivity contribution in [1.82, 2.24) is 4.98 Å². The summed E-state index contributed by atoms with van der Waals surface area (Å²) >= 11 is 4.41. The summed E-state index contributed by atoms with van der Waals surface area (Å²) in [7, 11) is 0. The number of anilines is 3. The second-order valence-electron chi connectivity index (χ2n) is 4.61. The fourth-order valence-electron chi connectivity index (χ4n) is 1.58. The maximum Gasteiger partial charge on any atom is 0.269 e. The third-order valence-corrected chi connectivity index (χ3v) is 4.14. The quantitative estimate of drug-likeness (QED) is 0.764. The van der Waals surface area contributed by atoms with Gasteiger partial charge in [0.05, 0.1) is 5.69 Å². The summed E-state index contributed by atoms with van der Waals surface area (Å²) in [6.45, 7) is 3.92. The van der Waals surface area contributed by atoms with Crippen molar-refractivity contribution in [2.45, 2.75) is 19.9 Å². The highest BCUT2D eigenvalue weighted by Crippen LogP contribution is 2.28. The number of halogens is 2. The summed E-state index contributed by atoms with van der Waals surface area (Å²) in [5, 5.41) is 6.27. The van der Waals surface area contributed by atoms with Gasteiger partial charge in [-0.3, -0.25) is 4.79 Å². The molecule has 0 saturated heterocycles. The normalized spacial score (nSPS) is 10.7. The van der Waals surface area contributed by atoms with Crippen molar-refractivity contribution in [2.24, 2.45) is 0 Å². The van der Waals surface area contributed by atoms with Crippen LogP contribution in [0.25, 0.3) is 0 Å². The van der Waals surface area contributed by atoms with Crippen LogP contribution in [-0.2, 0) is 0 Å². The number of amides is 1. The molecule has 1 heterocycles. The summed E-state index contributed by atoms with van der Waals surface area (Å²) in [5.74, 6) is -0.714. The number of nitrogen functional groups attached to an aromatic ring is 1. The van der Waals surface area contributed by atoms with Crippen LogP contribution in [-0.4, -0.2) is 16.9 Å². The topological polar surface area (TPSA) is 80.0 Å². The molecule has 0 aliphatic rings. The maximum atomic E-state index is 13.2. The van der Waals surface area contributed by atoms with Gasteiger partial charge >= 0.3 is 0 Å². The fraction of sp³-hybridized carbons (Fsp3) is 0.231. The van der Waals surface area contributed by atoms with E-state index in [-0.39, 0.29) is 16.7 Å². The fourth-order valence-corrected chi connectivity index (χ4v) is 2.85. The molecule has 1 aromatic heterocycles. The molecule has 0 bridgehead atoms. The SMILES string of the molecule is CC(C)Nc1nc(N)c(C(=O)Nc2cc(F)ccc2Br)s1. The molecule has 0 saturated carbocycles. The Morgan fingerprint density at radius 3 is 2.86 bits per heavy atom. The monoisotopic (exact) mass is 372 g/mol. The van der Waals surface area contributed by atoms with Gasteiger partial charge in [0.2, 0.25) is 0 Å². The summed E-state index contributed by atoms with van der Waals surface area (Å²) in [5.41, 5.74) is 6.09. The minimum absolute atomic E-state index is 0.146. The molecule has 2 aromatic rings. The summed E-state index contributed by atoms with van der Waals surface area (Å²) in [4.78, 5) is 16.6. The van der Waals surface area contributed by atoms with Crippen LogP contribution in [0.2, 0.25) is 0 Å². The largest absolute Gasteiger partial charge is 0.382 e. The molecule has 2 rings (SSSR count). The van der Waals surface area contributed by atoms with E-state index in [1.165, 1.54) is 18.2 Å². The van der Waals surface area contributed by atoms with E-state index >= 15 is 0 Å². The Balaban J connectivity index is 2.20. The second kappa shape index (κ2) is 6.40. The molecule has 112 valence electrons. The Morgan fingerprint density at radius 1 is 1.48 bits per heavy atom. The van der Waals surface area contributed by atoms with Crippen molar-refractivity contribution in [2.75, 3.05) is 16.4 Å². The van der Waals surface area contributed by atoms with Crippen LogP contribution < -0.4 is 16.4 Å². The molecule has 4 N–H and O–H groups in total. The zero-order valence-corrected chi connectivity index (χ0v) is 13.8. The lowest BCUT2D eigenvalue weighted by molar-refractivity contribution is 0.103. The second-order valence-corrected chi connectivity index (χ2v) is 6.46. The lowest BCUT2D eigenvalue weighted by Crippen LogP contribution is -2.12. The third kappa shape index (κ3) is 3.92. The van der Waals surface area contributed by atoms with E-state index in [2.05, 4.69) is 31.5 Å². The van der Waals surface area contributed by atoms with Crippen LogP contribution in [0.4, 0.5) is 21.0 Å². The van der Waals surface area contributed by atoms with E-state index in [1.807, 2.05) is 13.8 Å². The van der Waals surface area contributed by atoms with Gasteiger partial charge in [-0.15, -0.1) is 0 Å². The van der Waals surface area contributed by atoms with Crippen LogP contribution >= 0.6 is 27.3 Å². The van der Waals surface area contributed by atoms with Crippen LogP contribution in [0.15, 0.2) is 22.7 Å². The van der Waals surface area contributed by atoms with E-state index in [4.69, 9.17) is 5.73 Å². The van der Waals surface area contributed by atoms with Crippen molar-refractivity contribution >= 4 is 49.8 Å². The first-order chi connectivity index (χ1) is 9.86. The number of nitrogens with two attached hydrogens (primary N) is 1. The van der Waals surface area contributed by atoms with E-state index in [0.717, 1.165) is 11.3 Å². The predicted molar refractivity (Wildman–Crippen MR) is 87.3 cm³/mol.